The van der Waals surface area contributed by atoms with Crippen molar-refractivity contribution in [1.82, 2.24) is 43.6 Å². The summed E-state index contributed by atoms with van der Waals surface area (Å²) in [5.74, 6) is -0.274. The molecule has 0 bridgehead atoms. The zero-order chi connectivity index (χ0) is 38.4. The molecule has 5 heterocycles. The van der Waals surface area contributed by atoms with Crippen molar-refractivity contribution >= 4 is 56.6 Å². The number of carbonyl (C=O) groups excluding carboxylic acids is 3. The highest BCUT2D eigenvalue weighted by Gasteiger charge is 2.22. The van der Waals surface area contributed by atoms with Gasteiger partial charge in [-0.2, -0.15) is 10.2 Å². The third kappa shape index (κ3) is 6.20. The first-order valence-electron chi connectivity index (χ1n) is 17.4. The summed E-state index contributed by atoms with van der Waals surface area (Å²) in [6, 6.07) is 10.3. The number of amides is 3. The van der Waals surface area contributed by atoms with Crippen LogP contribution in [0.25, 0.3) is 44.5 Å². The number of imidazole rings is 1. The standard InChI is InChI=1S/C38H40N12O4/c1-7-49-28(14-21(4)45-49)35-41-19-26-25-16-24(34(40)52)18-30(54-6)32(25)47(36(26)43-35)11-9-10-12-48-31-20(3)13-23(33(39)51)17-27(31)42-38(48)44-37(53)29-15-22(5)46-50(29)8-2/h9-10,13-19H,7-8,11-12H2,1-6H3,(H2,39,51)(H2,40,52)(H,42,44,53). The summed E-state index contributed by atoms with van der Waals surface area (Å²) in [6.45, 7) is 11.4. The van der Waals surface area contributed by atoms with E-state index >= 15 is 0 Å². The summed E-state index contributed by atoms with van der Waals surface area (Å²) >= 11 is 0. The monoisotopic (exact) mass is 728 g/mol. The number of rotatable bonds is 12. The van der Waals surface area contributed by atoms with Crippen LogP contribution in [0, 0.1) is 20.8 Å². The number of nitrogens with one attached hydrogen (secondary N) is 1. The average Bonchev–Trinajstić information content (AvgIpc) is 3.90. The van der Waals surface area contributed by atoms with Gasteiger partial charge in [-0.25, -0.2) is 15.0 Å². The summed E-state index contributed by atoms with van der Waals surface area (Å²) in [4.78, 5) is 52.4. The predicted octanol–water partition coefficient (Wildman–Crippen LogP) is 4.67. The highest BCUT2D eigenvalue weighted by Crippen LogP contribution is 2.36. The lowest BCUT2D eigenvalue weighted by Crippen LogP contribution is -2.20. The normalized spacial score (nSPS) is 11.7. The molecule has 5 aromatic heterocycles. The van der Waals surface area contributed by atoms with Gasteiger partial charge in [0.15, 0.2) is 5.82 Å². The van der Waals surface area contributed by atoms with Crippen LogP contribution >= 0.6 is 0 Å². The van der Waals surface area contributed by atoms with Crippen molar-refractivity contribution in [2.24, 2.45) is 11.5 Å². The number of hydrogen-bond acceptors (Lipinski definition) is 9. The number of aryl methyl sites for hydroxylation is 5. The van der Waals surface area contributed by atoms with E-state index in [2.05, 4.69) is 15.5 Å². The van der Waals surface area contributed by atoms with Gasteiger partial charge in [-0.05, 0) is 76.6 Å². The first-order valence-corrected chi connectivity index (χ1v) is 17.4. The van der Waals surface area contributed by atoms with E-state index in [1.807, 2.05) is 66.7 Å². The van der Waals surface area contributed by atoms with Gasteiger partial charge in [0, 0.05) is 54.3 Å². The first kappa shape index (κ1) is 35.6. The molecule has 0 radical (unpaired) electrons. The van der Waals surface area contributed by atoms with Crippen LogP contribution in [0.15, 0.2) is 54.7 Å². The number of methoxy groups -OCH3 is 1. The number of primary amides is 2. The summed E-state index contributed by atoms with van der Waals surface area (Å²) in [5.41, 5.74) is 18.0. The van der Waals surface area contributed by atoms with E-state index in [0.717, 1.165) is 33.5 Å². The van der Waals surface area contributed by atoms with Gasteiger partial charge >= 0.3 is 0 Å². The molecule has 3 amide bonds. The molecule has 0 atom stereocenters. The Morgan fingerprint density at radius 2 is 1.46 bits per heavy atom. The molecule has 0 aliphatic carbocycles. The molecule has 0 unspecified atom stereocenters. The number of benzene rings is 2. The minimum absolute atomic E-state index is 0.295. The van der Waals surface area contributed by atoms with Crippen molar-refractivity contribution in [1.29, 1.82) is 0 Å². The molecule has 7 rings (SSSR count). The van der Waals surface area contributed by atoms with Crippen molar-refractivity contribution in [2.75, 3.05) is 12.4 Å². The number of allylic oxidation sites excluding steroid dienone is 2. The van der Waals surface area contributed by atoms with E-state index in [-0.39, 0.29) is 5.91 Å². The molecule has 0 fully saturated rings. The topological polar surface area (TPSA) is 209 Å². The molecule has 16 heteroatoms. The third-order valence-corrected chi connectivity index (χ3v) is 9.31. The van der Waals surface area contributed by atoms with Crippen LogP contribution in [0.2, 0.25) is 0 Å². The van der Waals surface area contributed by atoms with E-state index in [1.54, 1.807) is 41.2 Å². The molecule has 0 saturated carbocycles. The van der Waals surface area contributed by atoms with Crippen molar-refractivity contribution < 1.29 is 19.1 Å². The Labute approximate surface area is 309 Å². The summed E-state index contributed by atoms with van der Waals surface area (Å²) < 4.78 is 13.2. The highest BCUT2D eigenvalue weighted by atomic mass is 16.5. The Morgan fingerprint density at radius 1 is 0.796 bits per heavy atom. The number of anilines is 1. The van der Waals surface area contributed by atoms with Crippen LogP contribution in [0.4, 0.5) is 5.95 Å². The summed E-state index contributed by atoms with van der Waals surface area (Å²) in [6.07, 6.45) is 5.68. The molecular formula is C38H40N12O4. The van der Waals surface area contributed by atoms with Crippen molar-refractivity contribution in [3.05, 3.63) is 88.5 Å². The molecule has 0 spiro atoms. The second-order valence-corrected chi connectivity index (χ2v) is 13.0. The van der Waals surface area contributed by atoms with Gasteiger partial charge in [-0.1, -0.05) is 12.2 Å². The van der Waals surface area contributed by atoms with Crippen molar-refractivity contribution in [2.45, 2.75) is 60.8 Å². The molecular weight excluding hydrogens is 688 g/mol. The van der Waals surface area contributed by atoms with Crippen LogP contribution in [0.5, 0.6) is 5.75 Å². The number of carbonyl (C=O) groups is 3. The minimum Gasteiger partial charge on any atom is -0.495 e. The van der Waals surface area contributed by atoms with Gasteiger partial charge in [0.25, 0.3) is 5.91 Å². The fourth-order valence-electron chi connectivity index (χ4n) is 6.92. The Hall–Kier alpha value is -6.84. The Morgan fingerprint density at radius 3 is 2.15 bits per heavy atom. The second kappa shape index (κ2) is 13.9. The van der Waals surface area contributed by atoms with Crippen molar-refractivity contribution in [3.63, 3.8) is 0 Å². The first-order chi connectivity index (χ1) is 25.9. The number of fused-ring (bicyclic) bond motifs is 4. The molecule has 276 valence electrons. The Balaban J connectivity index is 1.31. The molecule has 7 aromatic rings. The number of ether oxygens (including phenoxy) is 1. The molecule has 0 aliphatic heterocycles. The quantitative estimate of drug-likeness (QED) is 0.149. The molecule has 0 aliphatic rings. The molecule has 2 aromatic carbocycles. The van der Waals surface area contributed by atoms with Crippen LogP contribution in [-0.2, 0) is 26.2 Å². The maximum atomic E-state index is 13.5. The number of hydrogen-bond donors (Lipinski definition) is 3. The van der Waals surface area contributed by atoms with Gasteiger partial charge in [0.05, 0.1) is 35.0 Å². The second-order valence-electron chi connectivity index (χ2n) is 13.0. The van der Waals surface area contributed by atoms with Crippen LogP contribution in [0.3, 0.4) is 0 Å². The van der Waals surface area contributed by atoms with E-state index in [0.29, 0.717) is 82.6 Å². The van der Waals surface area contributed by atoms with E-state index in [1.165, 1.54) is 7.11 Å². The molecule has 5 N–H and O–H groups in total. The number of aromatic nitrogens is 9. The van der Waals surface area contributed by atoms with Crippen LogP contribution in [0.1, 0.15) is 62.0 Å². The number of nitrogens with zero attached hydrogens (tertiary/aromatic N) is 9. The Bertz CT molecular complexity index is 2680. The van der Waals surface area contributed by atoms with Gasteiger partial charge in [-0.15, -0.1) is 0 Å². The van der Waals surface area contributed by atoms with E-state index in [9.17, 15) is 14.4 Å². The van der Waals surface area contributed by atoms with Crippen LogP contribution in [-0.4, -0.2) is 68.5 Å². The lowest BCUT2D eigenvalue weighted by Gasteiger charge is -2.11. The lowest BCUT2D eigenvalue weighted by molar-refractivity contribution is 0.0992. The number of nitrogens with two attached hydrogens (primary N) is 2. The fraction of sp³-hybridized carbons (Fsp3) is 0.263. The van der Waals surface area contributed by atoms with Crippen molar-refractivity contribution in [3.8, 4) is 17.3 Å². The maximum Gasteiger partial charge on any atom is 0.276 e. The van der Waals surface area contributed by atoms with Gasteiger partial charge in [0.2, 0.25) is 17.8 Å². The van der Waals surface area contributed by atoms with Crippen LogP contribution < -0.4 is 21.5 Å². The van der Waals surface area contributed by atoms with E-state index in [4.69, 9.17) is 31.2 Å². The molecule has 0 saturated heterocycles. The highest BCUT2D eigenvalue weighted by molar-refractivity contribution is 6.12. The lowest BCUT2D eigenvalue weighted by atomic mass is 10.1. The summed E-state index contributed by atoms with van der Waals surface area (Å²) in [5, 5.41) is 13.4. The predicted molar refractivity (Wildman–Crippen MR) is 204 cm³/mol. The van der Waals surface area contributed by atoms with Gasteiger partial charge < -0.3 is 25.3 Å². The smallest absolute Gasteiger partial charge is 0.276 e. The summed E-state index contributed by atoms with van der Waals surface area (Å²) in [7, 11) is 1.54. The molecule has 54 heavy (non-hydrogen) atoms. The Kier molecular flexibility index (Phi) is 9.18. The zero-order valence-corrected chi connectivity index (χ0v) is 30.8. The van der Waals surface area contributed by atoms with E-state index < -0.39 is 11.8 Å². The average molecular weight is 729 g/mol. The fourth-order valence-corrected chi connectivity index (χ4v) is 6.92. The molecule has 16 nitrogen and oxygen atoms in total. The third-order valence-electron chi connectivity index (χ3n) is 9.31. The van der Waals surface area contributed by atoms with Gasteiger partial charge in [-0.3, -0.25) is 29.1 Å². The SMILES string of the molecule is CCn1nc(C)cc1C(=O)Nc1nc2cc(C(N)=O)cc(C)c2n1CC=CCn1c2nc(-c3cc(C)nn3CC)ncc2c2cc(C(N)=O)cc(OC)c21. The largest absolute Gasteiger partial charge is 0.495 e. The van der Waals surface area contributed by atoms with Gasteiger partial charge in [0.1, 0.15) is 22.8 Å². The maximum absolute atomic E-state index is 13.5. The zero-order valence-electron chi connectivity index (χ0n) is 30.8. The minimum atomic E-state index is -0.584.